The number of carbonyl (C=O) groups excluding carboxylic acids is 1. The number of likely N-dealkylation sites (N-methyl/N-ethyl adjacent to an activating group) is 1. The van der Waals surface area contributed by atoms with Crippen molar-refractivity contribution in [2.24, 2.45) is 0 Å². The van der Waals surface area contributed by atoms with Gasteiger partial charge in [0.2, 0.25) is 12.7 Å². The van der Waals surface area contributed by atoms with E-state index in [0.717, 1.165) is 29.9 Å². The second kappa shape index (κ2) is 4.42. The van der Waals surface area contributed by atoms with Crippen LogP contribution in [-0.2, 0) is 10.2 Å². The monoisotopic (exact) mass is 262 g/mol. The second-order valence-corrected chi connectivity index (χ2v) is 5.16. The highest BCUT2D eigenvalue weighted by Gasteiger charge is 2.52. The predicted molar refractivity (Wildman–Crippen MR) is 70.2 cm³/mol. The summed E-state index contributed by atoms with van der Waals surface area (Å²) in [5.74, 6) is 1.67. The molecule has 1 N–H and O–H groups in total. The highest BCUT2D eigenvalue weighted by molar-refractivity contribution is 5.91. The van der Waals surface area contributed by atoms with Gasteiger partial charge in [-0.25, -0.2) is 0 Å². The Kier molecular flexibility index (Phi) is 2.86. The summed E-state index contributed by atoms with van der Waals surface area (Å²) in [6.07, 6.45) is 1.80. The summed E-state index contributed by atoms with van der Waals surface area (Å²) in [7, 11) is 3.66. The van der Waals surface area contributed by atoms with Gasteiger partial charge >= 0.3 is 0 Å². The molecule has 0 unspecified atom stereocenters. The first-order valence-corrected chi connectivity index (χ1v) is 6.48. The standard InChI is InChI=1S/C14H18N2O3/c1-15-8-16(2)13(17)14(5-6-14)10-3-4-11-12(7-10)19-9-18-11/h3-4,7,15H,5-6,8-9H2,1-2H3. The van der Waals surface area contributed by atoms with E-state index in [-0.39, 0.29) is 18.1 Å². The van der Waals surface area contributed by atoms with Gasteiger partial charge in [-0.05, 0) is 37.6 Å². The zero-order valence-corrected chi connectivity index (χ0v) is 11.2. The van der Waals surface area contributed by atoms with Crippen molar-refractivity contribution in [2.45, 2.75) is 18.3 Å². The maximum atomic E-state index is 12.5. The molecule has 1 aliphatic heterocycles. The van der Waals surface area contributed by atoms with Gasteiger partial charge in [-0.3, -0.25) is 4.79 Å². The van der Waals surface area contributed by atoms with Crippen LogP contribution in [0.15, 0.2) is 18.2 Å². The van der Waals surface area contributed by atoms with Crippen LogP contribution in [-0.4, -0.2) is 38.4 Å². The minimum absolute atomic E-state index is 0.167. The van der Waals surface area contributed by atoms with Crippen LogP contribution in [0.2, 0.25) is 0 Å². The number of rotatable bonds is 4. The van der Waals surface area contributed by atoms with E-state index < -0.39 is 0 Å². The van der Waals surface area contributed by atoms with Gasteiger partial charge in [0.1, 0.15) is 0 Å². The summed E-state index contributed by atoms with van der Waals surface area (Å²) in [4.78, 5) is 14.3. The summed E-state index contributed by atoms with van der Waals surface area (Å²) < 4.78 is 10.7. The molecule has 5 nitrogen and oxygen atoms in total. The molecule has 1 amide bonds. The first kappa shape index (κ1) is 12.3. The van der Waals surface area contributed by atoms with Gasteiger partial charge in [-0.1, -0.05) is 6.07 Å². The van der Waals surface area contributed by atoms with E-state index in [0.29, 0.717) is 6.67 Å². The van der Waals surface area contributed by atoms with Crippen molar-refractivity contribution in [3.8, 4) is 11.5 Å². The highest BCUT2D eigenvalue weighted by Crippen LogP contribution is 2.51. The molecule has 5 heteroatoms. The molecule has 1 fully saturated rings. The highest BCUT2D eigenvalue weighted by atomic mass is 16.7. The van der Waals surface area contributed by atoms with Crippen LogP contribution in [0, 0.1) is 0 Å². The van der Waals surface area contributed by atoms with Crippen LogP contribution in [0.5, 0.6) is 11.5 Å². The van der Waals surface area contributed by atoms with Gasteiger partial charge in [-0.15, -0.1) is 0 Å². The van der Waals surface area contributed by atoms with Crippen molar-refractivity contribution in [1.29, 1.82) is 0 Å². The van der Waals surface area contributed by atoms with Gasteiger partial charge in [-0.2, -0.15) is 0 Å². The predicted octanol–water partition coefficient (Wildman–Crippen LogP) is 1.08. The molecule has 1 saturated carbocycles. The number of hydrogen-bond donors (Lipinski definition) is 1. The average Bonchev–Trinajstić information content (AvgIpc) is 3.09. The Labute approximate surface area is 112 Å². The molecule has 0 spiro atoms. The quantitative estimate of drug-likeness (QED) is 0.825. The molecule has 1 aromatic rings. The van der Waals surface area contributed by atoms with Crippen molar-refractivity contribution in [3.05, 3.63) is 23.8 Å². The Balaban J connectivity index is 1.87. The maximum absolute atomic E-state index is 12.5. The van der Waals surface area contributed by atoms with E-state index >= 15 is 0 Å². The first-order chi connectivity index (χ1) is 9.17. The summed E-state index contributed by atoms with van der Waals surface area (Å²) in [5, 5.41) is 3.00. The third-order valence-corrected chi connectivity index (χ3v) is 3.83. The van der Waals surface area contributed by atoms with Crippen LogP contribution in [0.3, 0.4) is 0 Å². The number of ether oxygens (including phenoxy) is 2. The van der Waals surface area contributed by atoms with Crippen LogP contribution >= 0.6 is 0 Å². The lowest BCUT2D eigenvalue weighted by molar-refractivity contribution is -0.132. The SMILES string of the molecule is CNCN(C)C(=O)C1(c2ccc3c(c2)OCO3)CC1. The van der Waals surface area contributed by atoms with E-state index in [2.05, 4.69) is 5.32 Å². The van der Waals surface area contributed by atoms with E-state index in [4.69, 9.17) is 9.47 Å². The largest absolute Gasteiger partial charge is 0.454 e. The molecular formula is C14H18N2O3. The van der Waals surface area contributed by atoms with Crippen molar-refractivity contribution in [2.75, 3.05) is 27.6 Å². The Morgan fingerprint density at radius 3 is 2.79 bits per heavy atom. The number of nitrogens with one attached hydrogen (secondary N) is 1. The summed E-state index contributed by atoms with van der Waals surface area (Å²) in [6.45, 7) is 0.824. The maximum Gasteiger partial charge on any atom is 0.233 e. The molecule has 1 heterocycles. The number of benzene rings is 1. The molecule has 0 aromatic heterocycles. The van der Waals surface area contributed by atoms with Crippen LogP contribution in [0.4, 0.5) is 0 Å². The molecule has 102 valence electrons. The van der Waals surface area contributed by atoms with Gasteiger partial charge < -0.3 is 19.7 Å². The fourth-order valence-corrected chi connectivity index (χ4v) is 2.62. The molecule has 1 aliphatic carbocycles. The fourth-order valence-electron chi connectivity index (χ4n) is 2.62. The number of fused-ring (bicyclic) bond motifs is 1. The number of hydrogen-bond acceptors (Lipinski definition) is 4. The average molecular weight is 262 g/mol. The molecule has 0 atom stereocenters. The lowest BCUT2D eigenvalue weighted by atomic mass is 9.94. The lowest BCUT2D eigenvalue weighted by Crippen LogP contribution is -2.40. The van der Waals surface area contributed by atoms with Gasteiger partial charge in [0.25, 0.3) is 0 Å². The topological polar surface area (TPSA) is 50.8 Å². The van der Waals surface area contributed by atoms with Crippen molar-refractivity contribution < 1.29 is 14.3 Å². The molecule has 1 aromatic carbocycles. The number of nitrogens with zero attached hydrogens (tertiary/aromatic N) is 1. The normalized spacial score (nSPS) is 18.2. The first-order valence-electron chi connectivity index (χ1n) is 6.48. The summed E-state index contributed by atoms with van der Waals surface area (Å²) in [6, 6.07) is 5.81. The van der Waals surface area contributed by atoms with E-state index in [1.807, 2.05) is 32.3 Å². The summed E-state index contributed by atoms with van der Waals surface area (Å²) in [5.41, 5.74) is 0.678. The molecule has 3 rings (SSSR count). The van der Waals surface area contributed by atoms with Gasteiger partial charge in [0, 0.05) is 7.05 Å². The number of amides is 1. The van der Waals surface area contributed by atoms with Crippen LogP contribution in [0.1, 0.15) is 18.4 Å². The number of carbonyl (C=O) groups is 1. The minimum atomic E-state index is -0.355. The van der Waals surface area contributed by atoms with Gasteiger partial charge in [0.05, 0.1) is 12.1 Å². The summed E-state index contributed by atoms with van der Waals surface area (Å²) >= 11 is 0. The lowest BCUT2D eigenvalue weighted by Gasteiger charge is -2.23. The minimum Gasteiger partial charge on any atom is -0.454 e. The molecule has 0 bridgehead atoms. The van der Waals surface area contributed by atoms with Crippen molar-refractivity contribution in [1.82, 2.24) is 10.2 Å². The third kappa shape index (κ3) is 1.94. The van der Waals surface area contributed by atoms with Crippen LogP contribution < -0.4 is 14.8 Å². The Morgan fingerprint density at radius 1 is 1.37 bits per heavy atom. The molecular weight excluding hydrogens is 244 g/mol. The molecule has 0 saturated heterocycles. The van der Waals surface area contributed by atoms with E-state index in [1.165, 1.54) is 0 Å². The van der Waals surface area contributed by atoms with Crippen LogP contribution in [0.25, 0.3) is 0 Å². The van der Waals surface area contributed by atoms with E-state index in [9.17, 15) is 4.79 Å². The fraction of sp³-hybridized carbons (Fsp3) is 0.500. The second-order valence-electron chi connectivity index (χ2n) is 5.16. The van der Waals surface area contributed by atoms with Crippen molar-refractivity contribution >= 4 is 5.91 Å². The van der Waals surface area contributed by atoms with Crippen molar-refractivity contribution in [3.63, 3.8) is 0 Å². The van der Waals surface area contributed by atoms with E-state index in [1.54, 1.807) is 4.90 Å². The molecule has 2 aliphatic rings. The zero-order valence-electron chi connectivity index (χ0n) is 11.2. The zero-order chi connectivity index (χ0) is 13.5. The molecule has 19 heavy (non-hydrogen) atoms. The van der Waals surface area contributed by atoms with Gasteiger partial charge in [0.15, 0.2) is 11.5 Å². The molecule has 0 radical (unpaired) electrons. The smallest absolute Gasteiger partial charge is 0.233 e. The third-order valence-electron chi connectivity index (χ3n) is 3.83. The Bertz CT molecular complexity index is 511. The Morgan fingerprint density at radius 2 is 2.11 bits per heavy atom. The Hall–Kier alpha value is -1.75.